The summed E-state index contributed by atoms with van der Waals surface area (Å²) in [7, 11) is 1.60. The maximum absolute atomic E-state index is 12.5. The van der Waals surface area contributed by atoms with Gasteiger partial charge in [-0.25, -0.2) is 0 Å². The topological polar surface area (TPSA) is 26.3 Å². The number of fused-ring (bicyclic) bond motifs is 1. The monoisotopic (exact) mass is 283 g/mol. The molecule has 0 N–H and O–H groups in total. The minimum absolute atomic E-state index is 0.0498. The molecule has 20 heavy (non-hydrogen) atoms. The molecule has 3 rings (SSSR count). The molecule has 3 heteroatoms. The number of rotatable bonds is 4. The Bertz CT molecular complexity index is 745. The maximum Gasteiger partial charge on any atom is 0.217 e. The van der Waals surface area contributed by atoms with Crippen LogP contribution in [0.5, 0.6) is 5.75 Å². The highest BCUT2D eigenvalue weighted by Crippen LogP contribution is 2.30. The van der Waals surface area contributed by atoms with Crippen LogP contribution in [-0.4, -0.2) is 12.9 Å². The first-order valence-corrected chi connectivity index (χ1v) is 7.94. The molecule has 2 aromatic carbocycles. The van der Waals surface area contributed by atoms with E-state index in [1.54, 1.807) is 7.11 Å². The quantitative estimate of drug-likeness (QED) is 0.521. The van der Waals surface area contributed by atoms with Crippen LogP contribution in [0.4, 0.5) is 0 Å². The molecule has 1 aromatic heterocycles. The number of thiophene rings is 1. The van der Waals surface area contributed by atoms with Crippen LogP contribution >= 0.6 is 10.5 Å². The largest absolute Gasteiger partial charge is 0.496 e. The summed E-state index contributed by atoms with van der Waals surface area (Å²) in [5.41, 5.74) is 0.780. The van der Waals surface area contributed by atoms with E-state index in [0.29, 0.717) is 5.75 Å². The number of Topliss-reactive ketones (excluding diaryl/α,β-unsaturated/α-hetero) is 1. The van der Waals surface area contributed by atoms with Crippen LogP contribution in [0.15, 0.2) is 59.3 Å². The van der Waals surface area contributed by atoms with Gasteiger partial charge in [-0.05, 0) is 40.1 Å². The van der Waals surface area contributed by atoms with Gasteiger partial charge in [-0.2, -0.15) is 0 Å². The number of ether oxygens (including phenoxy) is 1. The molecule has 0 saturated carbocycles. The summed E-state index contributed by atoms with van der Waals surface area (Å²) in [6, 6.07) is 15.6. The highest BCUT2D eigenvalue weighted by Gasteiger charge is 2.17. The van der Waals surface area contributed by atoms with E-state index in [2.05, 4.69) is 10.8 Å². The summed E-state index contributed by atoms with van der Waals surface area (Å²) < 4.78 is 5.36. The second-order valence-electron chi connectivity index (χ2n) is 4.55. The summed E-state index contributed by atoms with van der Waals surface area (Å²) >= 11 is 0. The number of ketones is 1. The molecule has 0 unspecified atom stereocenters. The van der Waals surface area contributed by atoms with Crippen molar-refractivity contribution in [2.75, 3.05) is 7.11 Å². The number of benzene rings is 2. The Labute approximate surface area is 120 Å². The van der Waals surface area contributed by atoms with E-state index in [1.807, 2.05) is 48.5 Å². The smallest absolute Gasteiger partial charge is 0.217 e. The molecule has 3 aromatic rings. The van der Waals surface area contributed by atoms with Crippen molar-refractivity contribution in [1.82, 2.24) is 0 Å². The van der Waals surface area contributed by atoms with Gasteiger partial charge in [-0.15, -0.1) is 0 Å². The summed E-state index contributed by atoms with van der Waals surface area (Å²) in [6.45, 7) is 0. The zero-order chi connectivity index (χ0) is 13.9. The molecule has 0 saturated heterocycles. The number of hydrogen-bond acceptors (Lipinski definition) is 2. The summed E-state index contributed by atoms with van der Waals surface area (Å²) in [6.07, 6.45) is 0. The SMILES string of the molecule is COc1ccc(C(=O)C[s+]2cccc2)c2ccccc12. The number of hydrogen-bond donors (Lipinski definition) is 0. The van der Waals surface area contributed by atoms with Gasteiger partial charge >= 0.3 is 0 Å². The molecule has 100 valence electrons. The van der Waals surface area contributed by atoms with Crippen LogP contribution in [0.1, 0.15) is 10.4 Å². The van der Waals surface area contributed by atoms with Gasteiger partial charge < -0.3 is 4.74 Å². The lowest BCUT2D eigenvalue weighted by Crippen LogP contribution is -2.01. The molecular weight excluding hydrogens is 268 g/mol. The van der Waals surface area contributed by atoms with Gasteiger partial charge in [0.1, 0.15) is 16.5 Å². The minimum Gasteiger partial charge on any atom is -0.496 e. The third-order valence-electron chi connectivity index (χ3n) is 3.32. The number of carbonyl (C=O) groups excluding carboxylic acids is 1. The Morgan fingerprint density at radius 2 is 1.70 bits per heavy atom. The van der Waals surface area contributed by atoms with Crippen molar-refractivity contribution in [2.45, 2.75) is 5.75 Å². The Morgan fingerprint density at radius 3 is 2.40 bits per heavy atom. The van der Waals surface area contributed by atoms with Gasteiger partial charge in [0.25, 0.3) is 0 Å². The molecule has 2 nitrogen and oxygen atoms in total. The first-order chi connectivity index (χ1) is 9.79. The Morgan fingerprint density at radius 1 is 1.00 bits per heavy atom. The third kappa shape index (κ3) is 2.32. The van der Waals surface area contributed by atoms with Crippen molar-refractivity contribution in [1.29, 1.82) is 0 Å². The van der Waals surface area contributed by atoms with E-state index in [0.717, 1.165) is 22.1 Å². The van der Waals surface area contributed by atoms with Gasteiger partial charge in [0.15, 0.2) is 5.75 Å². The standard InChI is InChI=1S/C17H15O2S/c1-19-17-9-8-14(13-6-2-3-7-15(13)17)16(18)12-20-10-4-5-11-20/h2-11H,12H2,1H3/q+1. The molecule has 0 atom stereocenters. The molecule has 0 fully saturated rings. The molecule has 0 spiro atoms. The van der Waals surface area contributed by atoms with Gasteiger partial charge in [0, 0.05) is 10.9 Å². The van der Waals surface area contributed by atoms with Crippen LogP contribution in [-0.2, 0) is 5.75 Å². The molecule has 0 aliphatic heterocycles. The molecule has 0 radical (unpaired) electrons. The van der Waals surface area contributed by atoms with E-state index in [-0.39, 0.29) is 16.3 Å². The van der Waals surface area contributed by atoms with Gasteiger partial charge in [-0.1, -0.05) is 24.3 Å². The predicted octanol–water partition coefficient (Wildman–Crippen LogP) is 4.48. The second-order valence-corrected chi connectivity index (χ2v) is 6.33. The lowest BCUT2D eigenvalue weighted by Gasteiger charge is -2.08. The number of methoxy groups -OCH3 is 1. The first-order valence-electron chi connectivity index (χ1n) is 6.42. The predicted molar refractivity (Wildman–Crippen MR) is 83.8 cm³/mol. The summed E-state index contributed by atoms with van der Waals surface area (Å²) in [4.78, 5) is 12.5. The van der Waals surface area contributed by atoms with Gasteiger partial charge in [-0.3, -0.25) is 4.79 Å². The van der Waals surface area contributed by atoms with Crippen LogP contribution in [0.3, 0.4) is 0 Å². The van der Waals surface area contributed by atoms with Crippen LogP contribution in [0.2, 0.25) is 0 Å². The minimum atomic E-state index is -0.0498. The van der Waals surface area contributed by atoms with Crippen LogP contribution in [0.25, 0.3) is 10.8 Å². The van der Waals surface area contributed by atoms with Crippen LogP contribution in [0, 0.1) is 0 Å². The zero-order valence-corrected chi connectivity index (χ0v) is 12.0. The maximum atomic E-state index is 12.5. The van der Waals surface area contributed by atoms with Crippen LogP contribution < -0.4 is 4.74 Å². The highest BCUT2D eigenvalue weighted by atomic mass is 32.2. The van der Waals surface area contributed by atoms with Crippen molar-refractivity contribution in [3.05, 3.63) is 64.9 Å². The molecule has 0 amide bonds. The average molecular weight is 283 g/mol. The molecule has 1 heterocycles. The van der Waals surface area contributed by atoms with Crippen molar-refractivity contribution in [3.63, 3.8) is 0 Å². The Hall–Kier alpha value is -2.13. The molecule has 0 aliphatic rings. The number of carbonyl (C=O) groups is 1. The van der Waals surface area contributed by atoms with Crippen molar-refractivity contribution < 1.29 is 9.53 Å². The van der Waals surface area contributed by atoms with E-state index in [1.165, 1.54) is 0 Å². The van der Waals surface area contributed by atoms with Gasteiger partial charge in [0.2, 0.25) is 5.78 Å². The summed E-state index contributed by atoms with van der Waals surface area (Å²) in [5, 5.41) is 6.13. The molecular formula is C17H15O2S+. The zero-order valence-electron chi connectivity index (χ0n) is 11.2. The molecule has 0 bridgehead atoms. The van der Waals surface area contributed by atoms with E-state index in [9.17, 15) is 4.79 Å². The second kappa shape index (κ2) is 5.47. The third-order valence-corrected chi connectivity index (χ3v) is 4.93. The Balaban J connectivity index is 2.05. The fraction of sp³-hybridized carbons (Fsp3) is 0.118. The Kier molecular flexibility index (Phi) is 3.52. The average Bonchev–Trinajstić information content (AvgIpc) is 2.99. The van der Waals surface area contributed by atoms with E-state index in [4.69, 9.17) is 4.74 Å². The fourth-order valence-corrected chi connectivity index (χ4v) is 3.68. The lowest BCUT2D eigenvalue weighted by atomic mass is 10.0. The van der Waals surface area contributed by atoms with E-state index < -0.39 is 0 Å². The normalized spacial score (nSPS) is 10.7. The van der Waals surface area contributed by atoms with Crippen molar-refractivity contribution >= 4 is 27.0 Å². The lowest BCUT2D eigenvalue weighted by molar-refractivity contribution is 0.101. The highest BCUT2D eigenvalue weighted by molar-refractivity contribution is 7.28. The summed E-state index contributed by atoms with van der Waals surface area (Å²) in [5.74, 6) is 1.53. The van der Waals surface area contributed by atoms with Gasteiger partial charge in [0.05, 0.1) is 7.11 Å². The fourth-order valence-electron chi connectivity index (χ4n) is 2.36. The van der Waals surface area contributed by atoms with Crippen molar-refractivity contribution in [3.8, 4) is 5.75 Å². The van der Waals surface area contributed by atoms with Crippen molar-refractivity contribution in [2.24, 2.45) is 0 Å². The molecule has 0 aliphatic carbocycles. The van der Waals surface area contributed by atoms with E-state index >= 15 is 0 Å². The first kappa shape index (κ1) is 12.9.